The van der Waals surface area contributed by atoms with Gasteiger partial charge in [-0.1, -0.05) is 24.3 Å². The Morgan fingerprint density at radius 2 is 1.96 bits per heavy atom. The molecule has 1 aliphatic carbocycles. The molecule has 2 aliphatic rings. The van der Waals surface area contributed by atoms with Crippen molar-refractivity contribution in [1.82, 2.24) is 5.32 Å². The van der Waals surface area contributed by atoms with E-state index in [4.69, 9.17) is 9.15 Å². The van der Waals surface area contributed by atoms with Gasteiger partial charge in [-0.15, -0.1) is 0 Å². The number of hydrogen-bond donors (Lipinski definition) is 1. The summed E-state index contributed by atoms with van der Waals surface area (Å²) >= 11 is 0. The number of nitrogens with zero attached hydrogens (tertiary/aromatic N) is 1. The predicted octanol–water partition coefficient (Wildman–Crippen LogP) is 3.32. The Morgan fingerprint density at radius 1 is 1.25 bits per heavy atom. The van der Waals surface area contributed by atoms with E-state index in [-0.39, 0.29) is 23.7 Å². The molecule has 142 valence electrons. The molecule has 0 unspecified atom stereocenters. The van der Waals surface area contributed by atoms with Gasteiger partial charge in [0.05, 0.1) is 29.9 Å². The topological polar surface area (TPSA) is 112 Å². The van der Waals surface area contributed by atoms with Crippen LogP contribution in [0.1, 0.15) is 41.4 Å². The minimum Gasteiger partial charge on any atom is -0.463 e. The van der Waals surface area contributed by atoms with Gasteiger partial charge in [-0.25, -0.2) is 4.79 Å². The van der Waals surface area contributed by atoms with Crippen LogP contribution in [0.2, 0.25) is 0 Å². The molecule has 0 saturated carbocycles. The van der Waals surface area contributed by atoms with Gasteiger partial charge in [0, 0.05) is 22.4 Å². The van der Waals surface area contributed by atoms with Gasteiger partial charge in [-0.2, -0.15) is 0 Å². The first-order valence-electron chi connectivity index (χ1n) is 8.71. The van der Waals surface area contributed by atoms with Gasteiger partial charge >= 0.3 is 11.9 Å². The zero-order valence-corrected chi connectivity index (χ0v) is 15.1. The van der Waals surface area contributed by atoms with E-state index in [2.05, 4.69) is 5.32 Å². The Morgan fingerprint density at radius 3 is 2.61 bits per heavy atom. The molecule has 2 aromatic rings. The number of dihydropyridines is 1. The number of ether oxygens (including phenoxy) is 1. The summed E-state index contributed by atoms with van der Waals surface area (Å²) in [7, 11) is 0. The molecule has 0 amide bonds. The zero-order chi connectivity index (χ0) is 20.0. The lowest BCUT2D eigenvalue weighted by Crippen LogP contribution is -2.29. The summed E-state index contributed by atoms with van der Waals surface area (Å²) in [6.07, 6.45) is 0. The van der Waals surface area contributed by atoms with Crippen LogP contribution in [0.5, 0.6) is 0 Å². The summed E-state index contributed by atoms with van der Waals surface area (Å²) in [5.41, 5.74) is 2.82. The van der Waals surface area contributed by atoms with Gasteiger partial charge in [0.2, 0.25) is 0 Å². The molecule has 2 heterocycles. The minimum absolute atomic E-state index is 0.143. The fraction of sp³-hybridized carbons (Fsp3) is 0.200. The predicted molar refractivity (Wildman–Crippen MR) is 98.3 cm³/mol. The fourth-order valence-electron chi connectivity index (χ4n) is 3.69. The number of esters is 1. The molecule has 4 rings (SSSR count). The van der Waals surface area contributed by atoms with Crippen molar-refractivity contribution < 1.29 is 23.7 Å². The molecule has 8 nitrogen and oxygen atoms in total. The number of hydrogen-bond acceptors (Lipinski definition) is 7. The summed E-state index contributed by atoms with van der Waals surface area (Å²) < 4.78 is 10.6. The Kier molecular flexibility index (Phi) is 4.11. The normalized spacial score (nSPS) is 17.9. The molecule has 0 spiro atoms. The van der Waals surface area contributed by atoms with Crippen molar-refractivity contribution >= 4 is 23.3 Å². The SMILES string of the molecule is CCOC(=O)C1=C(C)NC2=C(C(=O)c3ccccc32)[C@@H]1c1ccc([N+](=O)[O-])o1. The number of ketones is 1. The lowest BCUT2D eigenvalue weighted by Gasteiger charge is -2.27. The van der Waals surface area contributed by atoms with Crippen LogP contribution in [-0.4, -0.2) is 23.3 Å². The van der Waals surface area contributed by atoms with Crippen molar-refractivity contribution in [1.29, 1.82) is 0 Å². The van der Waals surface area contributed by atoms with E-state index in [0.29, 0.717) is 22.5 Å². The van der Waals surface area contributed by atoms with Crippen molar-refractivity contribution in [3.05, 3.63) is 80.2 Å². The summed E-state index contributed by atoms with van der Waals surface area (Å²) in [5.74, 6) is -2.07. The van der Waals surface area contributed by atoms with E-state index in [1.165, 1.54) is 12.1 Å². The highest BCUT2D eigenvalue weighted by Crippen LogP contribution is 2.47. The van der Waals surface area contributed by atoms with Crippen LogP contribution in [-0.2, 0) is 9.53 Å². The molecule has 1 atom stereocenters. The number of carbonyl (C=O) groups is 2. The average molecular weight is 380 g/mol. The number of nitrogens with one attached hydrogen (secondary N) is 1. The Labute approximate surface area is 159 Å². The highest BCUT2D eigenvalue weighted by atomic mass is 16.6. The number of nitro groups is 1. The van der Waals surface area contributed by atoms with E-state index in [9.17, 15) is 19.7 Å². The summed E-state index contributed by atoms with van der Waals surface area (Å²) in [6.45, 7) is 3.53. The van der Waals surface area contributed by atoms with Crippen LogP contribution in [0.3, 0.4) is 0 Å². The molecule has 0 radical (unpaired) electrons. The minimum atomic E-state index is -0.899. The number of allylic oxidation sites excluding steroid dienone is 2. The highest BCUT2D eigenvalue weighted by Gasteiger charge is 2.44. The average Bonchev–Trinajstić information content (AvgIpc) is 3.26. The lowest BCUT2D eigenvalue weighted by molar-refractivity contribution is -0.402. The molecule has 0 bridgehead atoms. The van der Waals surface area contributed by atoms with Crippen molar-refractivity contribution in [3.8, 4) is 0 Å². The number of furan rings is 1. The Bertz CT molecular complexity index is 1090. The maximum absolute atomic E-state index is 13.1. The second-order valence-electron chi connectivity index (χ2n) is 6.41. The third kappa shape index (κ3) is 2.53. The van der Waals surface area contributed by atoms with Gasteiger partial charge in [0.1, 0.15) is 10.7 Å². The van der Waals surface area contributed by atoms with E-state index in [1.54, 1.807) is 26.0 Å². The Hall–Kier alpha value is -3.68. The quantitative estimate of drug-likeness (QED) is 0.492. The molecule has 8 heteroatoms. The van der Waals surface area contributed by atoms with Crippen LogP contribution in [0, 0.1) is 10.1 Å². The molecular formula is C20H16N2O6. The van der Waals surface area contributed by atoms with E-state index < -0.39 is 22.7 Å². The van der Waals surface area contributed by atoms with Crippen LogP contribution in [0.15, 0.2) is 57.7 Å². The van der Waals surface area contributed by atoms with Crippen molar-refractivity contribution in [2.45, 2.75) is 19.8 Å². The van der Waals surface area contributed by atoms with E-state index in [0.717, 1.165) is 5.56 Å². The van der Waals surface area contributed by atoms with Gasteiger partial charge < -0.3 is 14.5 Å². The lowest BCUT2D eigenvalue weighted by atomic mass is 9.83. The molecular weight excluding hydrogens is 364 g/mol. The first kappa shape index (κ1) is 17.7. The van der Waals surface area contributed by atoms with Crippen molar-refractivity contribution in [2.75, 3.05) is 6.61 Å². The molecule has 1 aliphatic heterocycles. The van der Waals surface area contributed by atoms with Gasteiger partial charge in [-0.3, -0.25) is 14.9 Å². The summed E-state index contributed by atoms with van der Waals surface area (Å²) in [5, 5.41) is 14.2. The zero-order valence-electron chi connectivity index (χ0n) is 15.1. The smallest absolute Gasteiger partial charge is 0.433 e. The maximum Gasteiger partial charge on any atom is 0.433 e. The number of carbonyl (C=O) groups excluding carboxylic acids is 2. The number of Topliss-reactive ketones (excluding diaryl/α,β-unsaturated/α-hetero) is 1. The summed E-state index contributed by atoms with van der Waals surface area (Å²) in [6, 6.07) is 9.72. The molecule has 0 fully saturated rings. The molecule has 0 saturated heterocycles. The van der Waals surface area contributed by atoms with E-state index in [1.807, 2.05) is 12.1 Å². The Balaban J connectivity index is 1.92. The van der Waals surface area contributed by atoms with Crippen LogP contribution in [0.25, 0.3) is 5.70 Å². The van der Waals surface area contributed by atoms with Crippen molar-refractivity contribution in [3.63, 3.8) is 0 Å². The van der Waals surface area contributed by atoms with Gasteiger partial charge in [-0.05, 0) is 19.9 Å². The highest BCUT2D eigenvalue weighted by molar-refractivity contribution is 6.23. The molecule has 28 heavy (non-hydrogen) atoms. The first-order chi connectivity index (χ1) is 13.4. The van der Waals surface area contributed by atoms with E-state index >= 15 is 0 Å². The van der Waals surface area contributed by atoms with Crippen LogP contribution < -0.4 is 5.32 Å². The van der Waals surface area contributed by atoms with Gasteiger partial charge in [0.25, 0.3) is 0 Å². The standard InChI is InChI=1S/C20H16N2O6/c1-3-27-20(24)15-10(2)21-18-11-6-4-5-7-12(11)19(23)17(18)16(15)13-8-9-14(28-13)22(25)26/h4-9,16,21H,3H2,1-2H3/t16-/m1/s1. The largest absolute Gasteiger partial charge is 0.463 e. The third-order valence-electron chi connectivity index (χ3n) is 4.82. The number of rotatable bonds is 4. The second kappa shape index (κ2) is 6.49. The van der Waals surface area contributed by atoms with Crippen LogP contribution >= 0.6 is 0 Å². The maximum atomic E-state index is 13.1. The monoisotopic (exact) mass is 380 g/mol. The molecule has 1 N–H and O–H groups in total. The third-order valence-corrected chi connectivity index (χ3v) is 4.82. The number of fused-ring (bicyclic) bond motifs is 2. The van der Waals surface area contributed by atoms with Crippen molar-refractivity contribution in [2.24, 2.45) is 0 Å². The van der Waals surface area contributed by atoms with Gasteiger partial charge in [0.15, 0.2) is 5.78 Å². The molecule has 1 aromatic carbocycles. The first-order valence-corrected chi connectivity index (χ1v) is 8.71. The fourth-order valence-corrected chi connectivity index (χ4v) is 3.69. The molecule has 1 aromatic heterocycles. The summed E-state index contributed by atoms with van der Waals surface area (Å²) in [4.78, 5) is 36.2. The second-order valence-corrected chi connectivity index (χ2v) is 6.41. The van der Waals surface area contributed by atoms with Crippen LogP contribution in [0.4, 0.5) is 5.88 Å². The number of benzene rings is 1.